The lowest BCUT2D eigenvalue weighted by molar-refractivity contribution is -0.115. The number of amides is 1. The molecule has 1 unspecified atom stereocenters. The van der Waals surface area contributed by atoms with Crippen LogP contribution >= 0.6 is 11.8 Å². The number of hydrogen-bond acceptors (Lipinski definition) is 6. The van der Waals surface area contributed by atoms with Gasteiger partial charge < -0.3 is 14.6 Å². The molecule has 0 radical (unpaired) electrons. The molecule has 168 valence electrons. The van der Waals surface area contributed by atoms with Crippen LogP contribution in [-0.2, 0) is 11.3 Å². The summed E-state index contributed by atoms with van der Waals surface area (Å²) in [6, 6.07) is 20.9. The van der Waals surface area contributed by atoms with Gasteiger partial charge in [0.05, 0.1) is 12.3 Å². The maximum atomic E-state index is 13.5. The molecule has 2 heterocycles. The van der Waals surface area contributed by atoms with E-state index in [0.29, 0.717) is 29.7 Å². The largest absolute Gasteiger partial charge is 0.492 e. The zero-order valence-electron chi connectivity index (χ0n) is 18.5. The highest BCUT2D eigenvalue weighted by Gasteiger charge is 2.26. The summed E-state index contributed by atoms with van der Waals surface area (Å²) in [5.74, 6) is 1.23. The van der Waals surface area contributed by atoms with Crippen molar-refractivity contribution >= 4 is 23.4 Å². The smallest absolute Gasteiger partial charge is 0.242 e. The Balaban J connectivity index is 1.66. The number of benzene rings is 2. The summed E-state index contributed by atoms with van der Waals surface area (Å²) in [7, 11) is 0. The fourth-order valence-electron chi connectivity index (χ4n) is 3.43. The van der Waals surface area contributed by atoms with Gasteiger partial charge >= 0.3 is 0 Å². The number of carbonyl (C=O) groups is 1. The average molecular weight is 460 g/mol. The fourth-order valence-corrected chi connectivity index (χ4v) is 4.53. The van der Waals surface area contributed by atoms with E-state index in [2.05, 4.69) is 20.5 Å². The molecule has 1 atom stereocenters. The Labute approximate surface area is 197 Å². The third kappa shape index (κ3) is 5.23. The van der Waals surface area contributed by atoms with Gasteiger partial charge in [-0.3, -0.25) is 9.78 Å². The summed E-state index contributed by atoms with van der Waals surface area (Å²) in [6.45, 7) is 5.14. The van der Waals surface area contributed by atoms with Crippen molar-refractivity contribution in [2.45, 2.75) is 30.8 Å². The van der Waals surface area contributed by atoms with Crippen LogP contribution in [0.3, 0.4) is 0 Å². The standard InChI is InChI=1S/C25H25N5O2S/c1-3-30-23(19-14-16-26-17-15-19)28-29-25(30)33-22(18-10-6-5-7-11-18)24(31)27-20-12-8-9-13-21(20)32-4-2/h5-17,22H,3-4H2,1-2H3,(H,27,31). The normalized spacial score (nSPS) is 11.7. The zero-order chi connectivity index (χ0) is 23.0. The molecule has 0 spiro atoms. The molecule has 0 saturated heterocycles. The number of nitrogens with zero attached hydrogens (tertiary/aromatic N) is 4. The molecule has 1 N–H and O–H groups in total. The van der Waals surface area contributed by atoms with Crippen molar-refractivity contribution in [2.75, 3.05) is 11.9 Å². The van der Waals surface area contributed by atoms with Crippen molar-refractivity contribution in [2.24, 2.45) is 0 Å². The van der Waals surface area contributed by atoms with Gasteiger partial charge in [0, 0.05) is 24.5 Å². The van der Waals surface area contributed by atoms with Gasteiger partial charge in [-0.25, -0.2) is 0 Å². The highest BCUT2D eigenvalue weighted by molar-refractivity contribution is 8.00. The molecule has 33 heavy (non-hydrogen) atoms. The molecular formula is C25H25N5O2S. The third-order valence-electron chi connectivity index (χ3n) is 4.98. The first-order chi connectivity index (χ1) is 16.2. The van der Waals surface area contributed by atoms with Crippen molar-refractivity contribution in [1.29, 1.82) is 0 Å². The van der Waals surface area contributed by atoms with E-state index >= 15 is 0 Å². The number of aromatic nitrogens is 4. The fraction of sp³-hybridized carbons (Fsp3) is 0.200. The lowest BCUT2D eigenvalue weighted by Crippen LogP contribution is -2.20. The number of anilines is 1. The lowest BCUT2D eigenvalue weighted by atomic mass is 10.1. The summed E-state index contributed by atoms with van der Waals surface area (Å²) in [4.78, 5) is 17.6. The summed E-state index contributed by atoms with van der Waals surface area (Å²) in [6.07, 6.45) is 3.46. The molecule has 0 aliphatic heterocycles. The summed E-state index contributed by atoms with van der Waals surface area (Å²) >= 11 is 1.38. The Morgan fingerprint density at radius 3 is 2.45 bits per heavy atom. The van der Waals surface area contributed by atoms with Crippen LogP contribution in [0.15, 0.2) is 84.3 Å². The minimum absolute atomic E-state index is 0.158. The number of para-hydroxylation sites is 2. The Bertz CT molecular complexity index is 1200. The Morgan fingerprint density at radius 2 is 1.73 bits per heavy atom. The molecule has 0 fully saturated rings. The van der Waals surface area contributed by atoms with Crippen LogP contribution in [0.4, 0.5) is 5.69 Å². The van der Waals surface area contributed by atoms with E-state index in [1.54, 1.807) is 12.4 Å². The lowest BCUT2D eigenvalue weighted by Gasteiger charge is -2.18. The molecule has 4 rings (SSSR count). The first-order valence-electron chi connectivity index (χ1n) is 10.8. The van der Waals surface area contributed by atoms with Crippen LogP contribution < -0.4 is 10.1 Å². The van der Waals surface area contributed by atoms with E-state index in [1.807, 2.05) is 85.1 Å². The molecule has 0 aliphatic carbocycles. The van der Waals surface area contributed by atoms with Gasteiger partial charge in [-0.2, -0.15) is 0 Å². The SMILES string of the molecule is CCOc1ccccc1NC(=O)C(Sc1nnc(-c2ccncc2)n1CC)c1ccccc1. The van der Waals surface area contributed by atoms with Crippen LogP contribution in [0.1, 0.15) is 24.7 Å². The number of nitrogens with one attached hydrogen (secondary N) is 1. The predicted octanol–water partition coefficient (Wildman–Crippen LogP) is 5.23. The van der Waals surface area contributed by atoms with Gasteiger partial charge in [-0.1, -0.05) is 54.2 Å². The Morgan fingerprint density at radius 1 is 1.00 bits per heavy atom. The molecule has 0 saturated carbocycles. The number of ether oxygens (including phenoxy) is 1. The van der Waals surface area contributed by atoms with Crippen molar-refractivity contribution in [3.05, 3.63) is 84.7 Å². The van der Waals surface area contributed by atoms with Gasteiger partial charge in [0.2, 0.25) is 5.91 Å². The van der Waals surface area contributed by atoms with Gasteiger partial charge in [0.15, 0.2) is 11.0 Å². The summed E-state index contributed by atoms with van der Waals surface area (Å²) in [5, 5.41) is 12.0. The van der Waals surface area contributed by atoms with E-state index in [1.165, 1.54) is 11.8 Å². The van der Waals surface area contributed by atoms with Crippen LogP contribution in [-0.4, -0.2) is 32.3 Å². The predicted molar refractivity (Wildman–Crippen MR) is 130 cm³/mol. The molecular weight excluding hydrogens is 434 g/mol. The number of pyridine rings is 1. The molecule has 2 aromatic carbocycles. The minimum atomic E-state index is -0.527. The molecule has 0 aliphatic rings. The van der Waals surface area contributed by atoms with E-state index < -0.39 is 5.25 Å². The van der Waals surface area contributed by atoms with Crippen molar-refractivity contribution in [1.82, 2.24) is 19.7 Å². The Hall–Kier alpha value is -3.65. The first kappa shape index (κ1) is 22.5. The molecule has 7 nitrogen and oxygen atoms in total. The van der Waals surface area contributed by atoms with E-state index in [9.17, 15) is 4.79 Å². The van der Waals surface area contributed by atoms with Crippen molar-refractivity contribution < 1.29 is 9.53 Å². The second-order valence-electron chi connectivity index (χ2n) is 7.11. The van der Waals surface area contributed by atoms with Crippen molar-refractivity contribution in [3.8, 4) is 17.1 Å². The zero-order valence-corrected chi connectivity index (χ0v) is 19.3. The van der Waals surface area contributed by atoms with Gasteiger partial charge in [-0.15, -0.1) is 10.2 Å². The van der Waals surface area contributed by atoms with E-state index in [4.69, 9.17) is 4.74 Å². The topological polar surface area (TPSA) is 81.9 Å². The van der Waals surface area contributed by atoms with E-state index in [0.717, 1.165) is 17.0 Å². The number of thioether (sulfide) groups is 1. The van der Waals surface area contributed by atoms with Crippen LogP contribution in [0.25, 0.3) is 11.4 Å². The van der Waals surface area contributed by atoms with Crippen LogP contribution in [0.5, 0.6) is 5.75 Å². The molecule has 4 aromatic rings. The van der Waals surface area contributed by atoms with Crippen molar-refractivity contribution in [3.63, 3.8) is 0 Å². The van der Waals surface area contributed by atoms with Gasteiger partial charge in [0.25, 0.3) is 0 Å². The third-order valence-corrected chi connectivity index (χ3v) is 6.21. The first-order valence-corrected chi connectivity index (χ1v) is 11.7. The van der Waals surface area contributed by atoms with Gasteiger partial charge in [-0.05, 0) is 43.7 Å². The van der Waals surface area contributed by atoms with E-state index in [-0.39, 0.29) is 5.91 Å². The average Bonchev–Trinajstić information content (AvgIpc) is 3.27. The summed E-state index contributed by atoms with van der Waals surface area (Å²) in [5.41, 5.74) is 2.45. The molecule has 0 bridgehead atoms. The van der Waals surface area contributed by atoms with Gasteiger partial charge in [0.1, 0.15) is 11.0 Å². The maximum Gasteiger partial charge on any atom is 0.242 e. The monoisotopic (exact) mass is 459 g/mol. The van der Waals surface area contributed by atoms with Crippen LogP contribution in [0, 0.1) is 0 Å². The maximum absolute atomic E-state index is 13.5. The second-order valence-corrected chi connectivity index (χ2v) is 8.19. The quantitative estimate of drug-likeness (QED) is 0.345. The summed E-state index contributed by atoms with van der Waals surface area (Å²) < 4.78 is 7.69. The number of rotatable bonds is 9. The molecule has 2 aromatic heterocycles. The second kappa shape index (κ2) is 10.8. The number of hydrogen-bond donors (Lipinski definition) is 1. The highest BCUT2D eigenvalue weighted by Crippen LogP contribution is 2.37. The molecule has 1 amide bonds. The minimum Gasteiger partial charge on any atom is -0.492 e. The number of carbonyl (C=O) groups excluding carboxylic acids is 1. The van der Waals surface area contributed by atoms with Crippen LogP contribution in [0.2, 0.25) is 0 Å². The molecule has 8 heteroatoms. The Kier molecular flexibility index (Phi) is 7.36. The highest BCUT2D eigenvalue weighted by atomic mass is 32.2.